The van der Waals surface area contributed by atoms with Crippen molar-refractivity contribution in [3.05, 3.63) is 35.9 Å². The number of nitrogens with zero attached hydrogens (tertiary/aromatic N) is 2. The Bertz CT molecular complexity index is 1310. The van der Waals surface area contributed by atoms with Gasteiger partial charge in [0, 0.05) is 34.2 Å². The Labute approximate surface area is 310 Å². The fraction of sp³-hybridized carbons (Fsp3) is 0.718. The second-order valence-corrected chi connectivity index (χ2v) is 14.9. The lowest BCUT2D eigenvalue weighted by Crippen LogP contribution is -2.59. The molecule has 0 aromatic heterocycles. The van der Waals surface area contributed by atoms with E-state index in [2.05, 4.69) is 16.0 Å². The molecule has 1 aromatic carbocycles. The van der Waals surface area contributed by atoms with E-state index in [0.717, 1.165) is 12.0 Å². The molecule has 0 aliphatic carbocycles. The Morgan fingerprint density at radius 1 is 0.923 bits per heavy atom. The number of rotatable bonds is 21. The number of hydrogen-bond acceptors (Lipinski definition) is 8. The monoisotopic (exact) mass is 731 g/mol. The van der Waals surface area contributed by atoms with Gasteiger partial charge in [0.15, 0.2) is 0 Å². The third-order valence-corrected chi connectivity index (χ3v) is 10.6. The number of carbonyl (C=O) groups excluding carboxylic acids is 4. The minimum Gasteiger partial charge on any atom is -0.480 e. The average molecular weight is 732 g/mol. The summed E-state index contributed by atoms with van der Waals surface area (Å²) in [6.45, 7) is 13.9. The average Bonchev–Trinajstić information content (AvgIpc) is 3.59. The van der Waals surface area contributed by atoms with E-state index in [4.69, 9.17) is 9.47 Å². The van der Waals surface area contributed by atoms with Gasteiger partial charge < -0.3 is 40.3 Å². The smallest absolute Gasteiger partial charge is 0.326 e. The molecule has 13 nitrogen and oxygen atoms in total. The van der Waals surface area contributed by atoms with Crippen molar-refractivity contribution in [2.75, 3.05) is 34.9 Å². The second-order valence-electron chi connectivity index (χ2n) is 14.9. The van der Waals surface area contributed by atoms with Crippen LogP contribution in [-0.2, 0) is 39.9 Å². The molecule has 52 heavy (non-hydrogen) atoms. The topological polar surface area (TPSA) is 167 Å². The van der Waals surface area contributed by atoms with Gasteiger partial charge in [-0.3, -0.25) is 19.2 Å². The van der Waals surface area contributed by atoms with Crippen LogP contribution in [0.1, 0.15) is 79.7 Å². The Morgan fingerprint density at radius 3 is 2.04 bits per heavy atom. The lowest BCUT2D eigenvalue weighted by atomic mass is 9.89. The number of nitrogens with one attached hydrogen (secondary N) is 3. The first kappa shape index (κ1) is 44.6. The first-order chi connectivity index (χ1) is 24.5. The number of carboxylic acid groups (broad SMARTS) is 1. The van der Waals surface area contributed by atoms with Gasteiger partial charge in [-0.2, -0.15) is 0 Å². The maximum atomic E-state index is 14.1. The second kappa shape index (κ2) is 21.2. The summed E-state index contributed by atoms with van der Waals surface area (Å²) in [6.07, 6.45) is 0.818. The summed E-state index contributed by atoms with van der Waals surface area (Å²) in [4.78, 5) is 70.3. The molecule has 1 fully saturated rings. The molecule has 0 spiro atoms. The van der Waals surface area contributed by atoms with Gasteiger partial charge in [0.1, 0.15) is 12.1 Å². The third kappa shape index (κ3) is 11.7. The SMILES string of the molecule is CC[C@@H](C)[C@@H]([C@@H](CC(=O)N1CCCC1[C@H](OC)[C@@H](C)C(=O)N[C@@H](Cc1ccccc1)C(=O)O)OC)N(C)C(=O)C(NC(=O)C(NC)C(C)C)C(C)C. The zero-order valence-corrected chi connectivity index (χ0v) is 33.2. The van der Waals surface area contributed by atoms with Gasteiger partial charge in [0.25, 0.3) is 0 Å². The van der Waals surface area contributed by atoms with E-state index in [1.165, 1.54) is 14.2 Å². The van der Waals surface area contributed by atoms with Gasteiger partial charge in [-0.05, 0) is 43.2 Å². The molecule has 1 saturated heterocycles. The van der Waals surface area contributed by atoms with E-state index in [0.29, 0.717) is 19.4 Å². The first-order valence-electron chi connectivity index (χ1n) is 18.7. The maximum Gasteiger partial charge on any atom is 0.326 e. The number of benzene rings is 1. The van der Waals surface area contributed by atoms with Crippen molar-refractivity contribution in [1.29, 1.82) is 0 Å². The van der Waals surface area contributed by atoms with Crippen molar-refractivity contribution in [2.24, 2.45) is 23.7 Å². The summed E-state index contributed by atoms with van der Waals surface area (Å²) in [7, 11) is 6.46. The first-order valence-corrected chi connectivity index (χ1v) is 18.7. The van der Waals surface area contributed by atoms with Crippen LogP contribution in [0.4, 0.5) is 0 Å². The fourth-order valence-electron chi connectivity index (χ4n) is 7.40. The van der Waals surface area contributed by atoms with Crippen molar-refractivity contribution in [3.8, 4) is 0 Å². The Hall–Kier alpha value is -3.55. The molecule has 1 heterocycles. The lowest BCUT2D eigenvalue weighted by molar-refractivity contribution is -0.148. The Morgan fingerprint density at radius 2 is 1.54 bits per heavy atom. The quantitative estimate of drug-likeness (QED) is 0.149. The summed E-state index contributed by atoms with van der Waals surface area (Å²) in [5.74, 6) is -3.27. The number of aliphatic carboxylic acids is 1. The van der Waals surface area contributed by atoms with Gasteiger partial charge in [-0.1, -0.05) is 85.2 Å². The highest BCUT2D eigenvalue weighted by molar-refractivity contribution is 5.90. The van der Waals surface area contributed by atoms with E-state index >= 15 is 0 Å². The normalized spacial score (nSPS) is 19.2. The maximum absolute atomic E-state index is 14.1. The van der Waals surface area contributed by atoms with Crippen molar-refractivity contribution >= 4 is 29.6 Å². The van der Waals surface area contributed by atoms with Gasteiger partial charge in [-0.25, -0.2) is 4.79 Å². The minimum absolute atomic E-state index is 0.0112. The van der Waals surface area contributed by atoms with Crippen LogP contribution in [0, 0.1) is 23.7 Å². The van der Waals surface area contributed by atoms with Crippen LogP contribution in [0.2, 0.25) is 0 Å². The predicted molar refractivity (Wildman–Crippen MR) is 200 cm³/mol. The molecule has 2 rings (SSSR count). The summed E-state index contributed by atoms with van der Waals surface area (Å²) < 4.78 is 11.8. The zero-order chi connectivity index (χ0) is 39.3. The summed E-state index contributed by atoms with van der Waals surface area (Å²) in [6, 6.07) is 5.84. The van der Waals surface area contributed by atoms with Crippen LogP contribution in [0.15, 0.2) is 30.3 Å². The van der Waals surface area contributed by atoms with Crippen molar-refractivity contribution < 1.29 is 38.6 Å². The molecule has 13 heteroatoms. The van der Waals surface area contributed by atoms with Crippen LogP contribution < -0.4 is 16.0 Å². The molecule has 294 valence electrons. The van der Waals surface area contributed by atoms with Gasteiger partial charge in [0.2, 0.25) is 23.6 Å². The Kier molecular flexibility index (Phi) is 18.2. The Balaban J connectivity index is 2.26. The van der Waals surface area contributed by atoms with E-state index in [9.17, 15) is 29.1 Å². The number of likely N-dealkylation sites (N-methyl/N-ethyl adjacent to an activating group) is 2. The van der Waals surface area contributed by atoms with Crippen LogP contribution in [0.5, 0.6) is 0 Å². The third-order valence-electron chi connectivity index (χ3n) is 10.6. The van der Waals surface area contributed by atoms with Crippen molar-refractivity contribution in [3.63, 3.8) is 0 Å². The number of methoxy groups -OCH3 is 2. The number of carbonyl (C=O) groups is 5. The van der Waals surface area contributed by atoms with E-state index in [1.807, 2.05) is 71.9 Å². The molecule has 0 saturated carbocycles. The summed E-state index contributed by atoms with van der Waals surface area (Å²) in [5, 5.41) is 18.5. The van der Waals surface area contributed by atoms with Crippen LogP contribution in [0.3, 0.4) is 0 Å². The zero-order valence-electron chi connectivity index (χ0n) is 33.2. The van der Waals surface area contributed by atoms with E-state index in [1.54, 1.807) is 30.8 Å². The molecule has 1 aliphatic heterocycles. The molecule has 0 radical (unpaired) electrons. The molecule has 1 aliphatic rings. The molecule has 0 bridgehead atoms. The minimum atomic E-state index is -1.14. The summed E-state index contributed by atoms with van der Waals surface area (Å²) >= 11 is 0. The molecule has 1 aromatic rings. The predicted octanol–water partition coefficient (Wildman–Crippen LogP) is 3.10. The molecule has 3 unspecified atom stereocenters. The number of likely N-dealkylation sites (tertiary alicyclic amines) is 1. The van der Waals surface area contributed by atoms with Crippen molar-refractivity contribution in [2.45, 2.75) is 123 Å². The van der Waals surface area contributed by atoms with Crippen molar-refractivity contribution in [1.82, 2.24) is 25.8 Å². The van der Waals surface area contributed by atoms with Crippen LogP contribution in [0.25, 0.3) is 0 Å². The van der Waals surface area contributed by atoms with Gasteiger partial charge in [0.05, 0.1) is 42.7 Å². The molecular formula is C39H65N5O8. The molecule has 4 amide bonds. The number of carboxylic acids is 1. The van der Waals surface area contributed by atoms with Crippen LogP contribution >= 0.6 is 0 Å². The van der Waals surface area contributed by atoms with Gasteiger partial charge >= 0.3 is 5.97 Å². The molecule has 9 atom stereocenters. The van der Waals surface area contributed by atoms with Crippen LogP contribution in [-0.4, -0.2) is 122 Å². The highest BCUT2D eigenvalue weighted by atomic mass is 16.5. The van der Waals surface area contributed by atoms with Gasteiger partial charge in [-0.15, -0.1) is 0 Å². The number of hydrogen-bond donors (Lipinski definition) is 4. The molecular weight excluding hydrogens is 666 g/mol. The highest BCUT2D eigenvalue weighted by Crippen LogP contribution is 2.29. The standard InChI is InChI=1S/C39H65N5O8/c1-12-25(6)34(43(9)38(48)33(24(4)5)42-37(47)32(40-8)23(2)3)30(51-10)22-31(45)44-20-16-19-29(44)35(52-11)26(7)36(46)41-28(39(49)50)21-27-17-14-13-15-18-27/h13-15,17-18,23-26,28-30,32-35,40H,12,16,19-22H2,1-11H3,(H,41,46)(H,42,47)(H,49,50)/t25-,26-,28+,29?,30-,32?,33?,34+,35-/m1/s1. The lowest BCUT2D eigenvalue weighted by Gasteiger charge is -2.41. The highest BCUT2D eigenvalue weighted by Gasteiger charge is 2.43. The van der Waals surface area contributed by atoms with E-state index < -0.39 is 60.2 Å². The largest absolute Gasteiger partial charge is 0.480 e. The fourth-order valence-corrected chi connectivity index (χ4v) is 7.40. The number of amides is 4. The van der Waals surface area contributed by atoms with E-state index in [-0.39, 0.29) is 48.3 Å². The molecule has 4 N–H and O–H groups in total. The number of ether oxygens (including phenoxy) is 2. The summed E-state index contributed by atoms with van der Waals surface area (Å²) in [5.41, 5.74) is 0.785.